The van der Waals surface area contributed by atoms with E-state index in [2.05, 4.69) is 24.0 Å². The van der Waals surface area contributed by atoms with Gasteiger partial charge in [0.15, 0.2) is 5.82 Å². The lowest BCUT2D eigenvalue weighted by molar-refractivity contribution is -0.157. The van der Waals surface area contributed by atoms with Crippen LogP contribution in [0.2, 0.25) is 0 Å². The summed E-state index contributed by atoms with van der Waals surface area (Å²) in [6.07, 6.45) is 14.2. The van der Waals surface area contributed by atoms with Crippen LogP contribution in [0.5, 0.6) is 0 Å². The summed E-state index contributed by atoms with van der Waals surface area (Å²) in [6, 6.07) is 23.3. The summed E-state index contributed by atoms with van der Waals surface area (Å²) in [5.41, 5.74) is 3.09. The minimum absolute atomic E-state index is 0.0470. The lowest BCUT2D eigenvalue weighted by atomic mass is 10.0. The van der Waals surface area contributed by atoms with E-state index in [1.165, 1.54) is 125 Å². The highest BCUT2D eigenvalue weighted by Gasteiger charge is 2.32. The molecule has 2 N–H and O–H groups in total. The van der Waals surface area contributed by atoms with Crippen molar-refractivity contribution in [3.8, 4) is 11.5 Å². The third kappa shape index (κ3) is 22.0. The molecule has 5 rings (SSSR count). The standard InChI is InChI=1S/C31H40F3N3O3.C28H36F3NO3/c1-3-4-5-6-7-8-9-10-11-12-28-35-30(40-36-28)26-15-13-24(14-16-26)21-37(22-29(38)39)23(2)25-17-19-27(20-18-25)31(32,33)34;1-3-4-5-6-7-8-9-10-11-22-12-14-23(15-13-22)20-32(26(33)27(34)35)21(2)24-16-18-25(19-17-24)28(29,30)31/h13-20,23H,3-12,21-22H2,1-2H3,(H,38,39);12-19,21H,3-11,20H2,1-2H3,(H,34,35)/t23-;/m0./s1. The van der Waals surface area contributed by atoms with Gasteiger partial charge in [0, 0.05) is 31.1 Å². The molecule has 0 aliphatic heterocycles. The Morgan fingerprint density at radius 1 is 0.533 bits per heavy atom. The van der Waals surface area contributed by atoms with Crippen LogP contribution in [0.15, 0.2) is 102 Å². The number of carbonyl (C=O) groups is 3. The molecule has 0 radical (unpaired) electrons. The fourth-order valence-electron chi connectivity index (χ4n) is 8.83. The number of rotatable bonds is 30. The number of aryl methyl sites for hydroxylation is 2. The zero-order valence-electron chi connectivity index (χ0n) is 44.0. The Morgan fingerprint density at radius 2 is 0.947 bits per heavy atom. The second kappa shape index (κ2) is 31.8. The van der Waals surface area contributed by atoms with Gasteiger partial charge >= 0.3 is 30.2 Å². The van der Waals surface area contributed by atoms with Gasteiger partial charge in [0.1, 0.15) is 0 Å². The highest BCUT2D eigenvalue weighted by Crippen LogP contribution is 2.33. The van der Waals surface area contributed by atoms with E-state index in [0.717, 1.165) is 73.1 Å². The number of hydrogen-bond donors (Lipinski definition) is 2. The Labute approximate surface area is 438 Å². The molecule has 1 aromatic heterocycles. The van der Waals surface area contributed by atoms with Crippen LogP contribution >= 0.6 is 0 Å². The van der Waals surface area contributed by atoms with Gasteiger partial charge in [-0.2, -0.15) is 31.3 Å². The Morgan fingerprint density at radius 3 is 1.40 bits per heavy atom. The number of carboxylic acid groups (broad SMARTS) is 2. The molecule has 410 valence electrons. The molecule has 0 saturated carbocycles. The Balaban J connectivity index is 0.000000328. The number of nitrogens with zero attached hydrogens (tertiary/aromatic N) is 4. The number of hydrogen-bond acceptors (Lipinski definition) is 7. The number of amides is 1. The quantitative estimate of drug-likeness (QED) is 0.0262. The van der Waals surface area contributed by atoms with E-state index < -0.39 is 53.4 Å². The second-order valence-corrected chi connectivity index (χ2v) is 19.5. The van der Waals surface area contributed by atoms with E-state index in [-0.39, 0.29) is 13.1 Å². The third-order valence-electron chi connectivity index (χ3n) is 13.5. The molecule has 2 atom stereocenters. The monoisotopic (exact) mass is 1050 g/mol. The van der Waals surface area contributed by atoms with Crippen LogP contribution in [0.1, 0.15) is 194 Å². The lowest BCUT2D eigenvalue weighted by Crippen LogP contribution is -2.38. The van der Waals surface area contributed by atoms with E-state index >= 15 is 0 Å². The molecular weight excluding hydrogens is 975 g/mol. The van der Waals surface area contributed by atoms with E-state index in [1.54, 1.807) is 18.7 Å². The minimum Gasteiger partial charge on any atom is -0.480 e. The molecule has 0 saturated heterocycles. The van der Waals surface area contributed by atoms with Gasteiger partial charge in [0.2, 0.25) is 0 Å². The average molecular weight is 1050 g/mol. The molecule has 16 heteroatoms. The first-order valence-electron chi connectivity index (χ1n) is 26.6. The normalized spacial score (nSPS) is 12.5. The van der Waals surface area contributed by atoms with Gasteiger partial charge in [-0.05, 0) is 97.3 Å². The van der Waals surface area contributed by atoms with Gasteiger partial charge in [0.05, 0.1) is 23.7 Å². The Kier molecular flexibility index (Phi) is 26.1. The molecule has 1 amide bonds. The summed E-state index contributed by atoms with van der Waals surface area (Å²) in [5, 5.41) is 22.8. The molecule has 0 fully saturated rings. The SMILES string of the molecule is CCCCCCCCCCCc1noc(-c2ccc(CN(CC(=O)O)[C@@H](C)c3ccc(C(F)(F)F)cc3)cc2)n1.CCCCCCCCCCc1ccc(CN(C(=O)C(=O)O)C(C)c2ccc(C(F)(F)F)cc2)cc1. The maximum Gasteiger partial charge on any atom is 0.416 e. The molecule has 75 heavy (non-hydrogen) atoms. The predicted octanol–water partition coefficient (Wildman–Crippen LogP) is 16.0. The fraction of sp³-hybridized carbons (Fsp3) is 0.508. The molecular formula is C59H76F6N4O6. The van der Waals surface area contributed by atoms with Crippen molar-refractivity contribution in [2.24, 2.45) is 0 Å². The van der Waals surface area contributed by atoms with Crippen molar-refractivity contribution in [3.63, 3.8) is 0 Å². The molecule has 5 aromatic rings. The van der Waals surface area contributed by atoms with E-state index in [4.69, 9.17) is 4.52 Å². The minimum atomic E-state index is -4.46. The fourth-order valence-corrected chi connectivity index (χ4v) is 8.83. The van der Waals surface area contributed by atoms with Crippen molar-refractivity contribution < 1.29 is 55.5 Å². The third-order valence-corrected chi connectivity index (χ3v) is 13.5. The van der Waals surface area contributed by atoms with Crippen LogP contribution in [0, 0.1) is 0 Å². The number of aromatic nitrogens is 2. The summed E-state index contributed by atoms with van der Waals surface area (Å²) in [6.45, 7) is 7.94. The first-order chi connectivity index (χ1) is 35.8. The molecule has 0 aliphatic carbocycles. The van der Waals surface area contributed by atoms with Gasteiger partial charge in [-0.3, -0.25) is 14.5 Å². The van der Waals surface area contributed by atoms with Crippen molar-refractivity contribution in [2.75, 3.05) is 6.54 Å². The number of halogens is 6. The van der Waals surface area contributed by atoms with Crippen LogP contribution in [0.4, 0.5) is 26.3 Å². The first-order valence-corrected chi connectivity index (χ1v) is 26.6. The van der Waals surface area contributed by atoms with Crippen LogP contribution in [0.25, 0.3) is 11.5 Å². The Hall–Kier alpha value is -6.03. The predicted molar refractivity (Wildman–Crippen MR) is 279 cm³/mol. The van der Waals surface area contributed by atoms with Gasteiger partial charge in [-0.1, -0.05) is 176 Å². The van der Waals surface area contributed by atoms with Crippen molar-refractivity contribution in [1.82, 2.24) is 19.9 Å². The molecule has 0 bridgehead atoms. The number of aliphatic carboxylic acids is 2. The van der Waals surface area contributed by atoms with E-state index in [9.17, 15) is 50.9 Å². The molecule has 10 nitrogen and oxygen atoms in total. The summed E-state index contributed by atoms with van der Waals surface area (Å²) in [4.78, 5) is 42.7. The number of carboxylic acids is 2. The highest BCUT2D eigenvalue weighted by atomic mass is 19.4. The van der Waals surface area contributed by atoms with Crippen LogP contribution in [0.3, 0.4) is 0 Å². The van der Waals surface area contributed by atoms with Crippen molar-refractivity contribution >= 4 is 17.8 Å². The topological polar surface area (TPSA) is 137 Å². The van der Waals surface area contributed by atoms with Crippen LogP contribution in [-0.4, -0.2) is 54.5 Å². The summed E-state index contributed by atoms with van der Waals surface area (Å²) in [5.74, 6) is -2.57. The van der Waals surface area contributed by atoms with Crippen molar-refractivity contribution in [1.29, 1.82) is 0 Å². The summed E-state index contributed by atoms with van der Waals surface area (Å²) >= 11 is 0. The summed E-state index contributed by atoms with van der Waals surface area (Å²) < 4.78 is 82.8. The number of unbranched alkanes of at least 4 members (excludes halogenated alkanes) is 15. The van der Waals surface area contributed by atoms with Gasteiger partial charge < -0.3 is 19.6 Å². The summed E-state index contributed by atoms with van der Waals surface area (Å²) in [7, 11) is 0. The molecule has 1 heterocycles. The Bertz CT molecular complexity index is 2420. The van der Waals surface area contributed by atoms with Crippen LogP contribution in [-0.2, 0) is 52.7 Å². The van der Waals surface area contributed by atoms with E-state index in [1.807, 2.05) is 48.5 Å². The molecule has 1 unspecified atom stereocenters. The zero-order chi connectivity index (χ0) is 54.8. The number of benzene rings is 4. The average Bonchev–Trinajstić information content (AvgIpc) is 3.86. The number of carbonyl (C=O) groups excluding carboxylic acids is 1. The van der Waals surface area contributed by atoms with Gasteiger partial charge in [-0.25, -0.2) is 4.79 Å². The zero-order valence-corrected chi connectivity index (χ0v) is 44.0. The second-order valence-electron chi connectivity index (χ2n) is 19.5. The van der Waals surface area contributed by atoms with E-state index in [0.29, 0.717) is 29.4 Å². The largest absolute Gasteiger partial charge is 0.480 e. The smallest absolute Gasteiger partial charge is 0.416 e. The molecule has 0 spiro atoms. The maximum absolute atomic E-state index is 12.9. The first kappa shape index (κ1) is 61.5. The maximum atomic E-state index is 12.9. The van der Waals surface area contributed by atoms with Gasteiger partial charge in [0.25, 0.3) is 5.89 Å². The van der Waals surface area contributed by atoms with Gasteiger partial charge in [-0.15, -0.1) is 0 Å². The lowest BCUT2D eigenvalue weighted by Gasteiger charge is -2.28. The molecule has 0 aliphatic rings. The van der Waals surface area contributed by atoms with Crippen LogP contribution < -0.4 is 0 Å². The number of alkyl halides is 6. The van der Waals surface area contributed by atoms with Crippen molar-refractivity contribution in [3.05, 3.63) is 142 Å². The highest BCUT2D eigenvalue weighted by molar-refractivity contribution is 6.31. The molecule has 4 aromatic carbocycles. The van der Waals surface area contributed by atoms with Crippen molar-refractivity contribution in [2.45, 2.75) is 187 Å².